The smallest absolute Gasteiger partial charge is 0.271 e. The Kier molecular flexibility index (Phi) is 5.79. The molecule has 1 aliphatic rings. The van der Waals surface area contributed by atoms with Gasteiger partial charge in [-0.25, -0.2) is 8.78 Å². The van der Waals surface area contributed by atoms with E-state index in [1.54, 1.807) is 45.3 Å². The number of benzene rings is 1. The Morgan fingerprint density at radius 1 is 1.19 bits per heavy atom. The molecule has 4 heterocycles. The molecule has 164 valence electrons. The molecule has 0 saturated carbocycles. The van der Waals surface area contributed by atoms with Crippen LogP contribution in [0.4, 0.5) is 14.5 Å². The molecule has 5 rings (SSSR count). The number of thiophene rings is 1. The van der Waals surface area contributed by atoms with Gasteiger partial charge in [0.1, 0.15) is 14.2 Å². The van der Waals surface area contributed by atoms with Crippen LogP contribution in [0.15, 0.2) is 50.2 Å². The van der Waals surface area contributed by atoms with Gasteiger partial charge in [-0.2, -0.15) is 15.9 Å². The highest BCUT2D eigenvalue weighted by Crippen LogP contribution is 2.47. The van der Waals surface area contributed by atoms with E-state index < -0.39 is 11.6 Å². The number of thioether (sulfide) groups is 1. The fraction of sp³-hybridized carbons (Fsp3) is 0.182. The monoisotopic (exact) mass is 506 g/mol. The van der Waals surface area contributed by atoms with Gasteiger partial charge in [-0.3, -0.25) is 9.36 Å². The van der Waals surface area contributed by atoms with Crippen molar-refractivity contribution in [3.05, 3.63) is 82.3 Å². The number of anilines is 1. The SMILES string of the molecule is CCn1c(=Cc2scc[n+]2Cc2ccsc2)sc(=C2Sc3c(ccc(F)c3F)N2C)c1=O. The number of aromatic nitrogens is 2. The zero-order chi connectivity index (χ0) is 22.4. The van der Waals surface area contributed by atoms with E-state index in [2.05, 4.69) is 21.4 Å². The third kappa shape index (κ3) is 3.64. The molecule has 0 N–H and O–H groups in total. The maximum atomic E-state index is 14.3. The van der Waals surface area contributed by atoms with E-state index in [-0.39, 0.29) is 10.5 Å². The normalized spacial score (nSPS) is 15.6. The standard InChI is InChI=1S/C22H18F2N3OS4/c1-3-27-17(10-16-26(7-9-30-16)11-13-6-8-29-12-13)31-20(21(27)28)22-25(2)15-5-4-14(23)18(24)19(15)32-22/h4-10,12H,3,11H2,1-2H3/q+1. The molecular formula is C22H18F2N3OS4+. The van der Waals surface area contributed by atoms with E-state index in [1.165, 1.54) is 16.9 Å². The summed E-state index contributed by atoms with van der Waals surface area (Å²) < 4.78 is 33.3. The van der Waals surface area contributed by atoms with Gasteiger partial charge in [-0.1, -0.05) is 23.1 Å². The quantitative estimate of drug-likeness (QED) is 0.395. The summed E-state index contributed by atoms with van der Waals surface area (Å²) in [6.07, 6.45) is 4.07. The van der Waals surface area contributed by atoms with Crippen LogP contribution in [0.25, 0.3) is 11.1 Å². The van der Waals surface area contributed by atoms with Crippen LogP contribution in [0, 0.1) is 11.6 Å². The highest BCUT2D eigenvalue weighted by atomic mass is 32.2. The van der Waals surface area contributed by atoms with Crippen LogP contribution < -0.4 is 24.2 Å². The Balaban J connectivity index is 1.64. The maximum absolute atomic E-state index is 14.3. The largest absolute Gasteiger partial charge is 0.337 e. The number of thiazole rings is 2. The lowest BCUT2D eigenvalue weighted by Gasteiger charge is -2.12. The first-order valence-corrected chi connectivity index (χ1v) is 13.3. The second kappa shape index (κ2) is 8.58. The van der Waals surface area contributed by atoms with Crippen molar-refractivity contribution in [2.24, 2.45) is 0 Å². The molecule has 0 unspecified atom stereocenters. The Morgan fingerprint density at radius 2 is 2.03 bits per heavy atom. The Morgan fingerprint density at radius 3 is 2.78 bits per heavy atom. The fourth-order valence-electron chi connectivity index (χ4n) is 3.57. The third-order valence-corrected chi connectivity index (χ3v) is 9.31. The molecule has 0 atom stereocenters. The zero-order valence-electron chi connectivity index (χ0n) is 17.2. The average molecular weight is 507 g/mol. The van der Waals surface area contributed by atoms with Crippen LogP contribution in [0.3, 0.4) is 0 Å². The van der Waals surface area contributed by atoms with Crippen molar-refractivity contribution in [1.82, 2.24) is 4.57 Å². The first kappa shape index (κ1) is 21.6. The predicted octanol–water partition coefficient (Wildman–Crippen LogP) is 3.80. The first-order valence-electron chi connectivity index (χ1n) is 9.81. The minimum absolute atomic E-state index is 0.118. The molecule has 3 aromatic heterocycles. The minimum atomic E-state index is -0.884. The highest BCUT2D eigenvalue weighted by molar-refractivity contribution is 8.08. The lowest BCUT2D eigenvalue weighted by atomic mass is 10.3. The topological polar surface area (TPSA) is 29.1 Å². The van der Waals surface area contributed by atoms with Gasteiger partial charge in [0.15, 0.2) is 24.4 Å². The number of rotatable bonds is 4. The van der Waals surface area contributed by atoms with Crippen molar-refractivity contribution in [2.45, 2.75) is 24.9 Å². The van der Waals surface area contributed by atoms with E-state index >= 15 is 0 Å². The van der Waals surface area contributed by atoms with E-state index in [4.69, 9.17) is 0 Å². The second-order valence-electron chi connectivity index (χ2n) is 7.14. The van der Waals surface area contributed by atoms with Gasteiger partial charge in [0.2, 0.25) is 0 Å². The molecule has 0 saturated heterocycles. The van der Waals surface area contributed by atoms with Crippen LogP contribution in [-0.4, -0.2) is 11.6 Å². The molecular weight excluding hydrogens is 489 g/mol. The van der Waals surface area contributed by atoms with Gasteiger partial charge in [-0.05, 0) is 30.5 Å². The van der Waals surface area contributed by atoms with Gasteiger partial charge in [0, 0.05) is 24.5 Å². The van der Waals surface area contributed by atoms with Crippen LogP contribution in [0.2, 0.25) is 0 Å². The molecule has 0 aliphatic carbocycles. The summed E-state index contributed by atoms with van der Waals surface area (Å²) in [6.45, 7) is 3.22. The molecule has 0 amide bonds. The molecule has 32 heavy (non-hydrogen) atoms. The zero-order valence-corrected chi connectivity index (χ0v) is 20.4. The van der Waals surface area contributed by atoms with Crippen molar-refractivity contribution in [3.63, 3.8) is 0 Å². The summed E-state index contributed by atoms with van der Waals surface area (Å²) in [6, 6.07) is 4.77. The van der Waals surface area contributed by atoms with Crippen molar-refractivity contribution >= 4 is 62.6 Å². The molecule has 0 spiro atoms. The van der Waals surface area contributed by atoms with Crippen LogP contribution in [-0.2, 0) is 13.1 Å². The number of fused-ring (bicyclic) bond motifs is 1. The maximum Gasteiger partial charge on any atom is 0.271 e. The molecule has 4 nitrogen and oxygen atoms in total. The van der Waals surface area contributed by atoms with Gasteiger partial charge < -0.3 is 4.90 Å². The van der Waals surface area contributed by atoms with Crippen molar-refractivity contribution < 1.29 is 13.3 Å². The summed E-state index contributed by atoms with van der Waals surface area (Å²) in [5.41, 5.74) is 1.68. The molecule has 0 bridgehead atoms. The summed E-state index contributed by atoms with van der Waals surface area (Å²) in [4.78, 5) is 15.2. The van der Waals surface area contributed by atoms with E-state index in [0.29, 0.717) is 21.8 Å². The Hall–Kier alpha value is -2.27. The van der Waals surface area contributed by atoms with E-state index in [1.807, 2.05) is 24.6 Å². The summed E-state index contributed by atoms with van der Waals surface area (Å²) >= 11 is 5.78. The van der Waals surface area contributed by atoms with Crippen molar-refractivity contribution in [2.75, 3.05) is 11.9 Å². The lowest BCUT2D eigenvalue weighted by molar-refractivity contribution is -0.685. The third-order valence-electron chi connectivity index (χ3n) is 5.21. The predicted molar refractivity (Wildman–Crippen MR) is 129 cm³/mol. The molecule has 10 heteroatoms. The van der Waals surface area contributed by atoms with Gasteiger partial charge >= 0.3 is 0 Å². The van der Waals surface area contributed by atoms with E-state index in [9.17, 15) is 13.6 Å². The van der Waals surface area contributed by atoms with Gasteiger partial charge in [0.25, 0.3) is 10.6 Å². The van der Waals surface area contributed by atoms with Crippen molar-refractivity contribution in [1.29, 1.82) is 0 Å². The van der Waals surface area contributed by atoms with Gasteiger partial charge in [0.05, 0.1) is 22.0 Å². The molecule has 1 aromatic carbocycles. The summed E-state index contributed by atoms with van der Waals surface area (Å²) in [7, 11) is 1.78. The highest BCUT2D eigenvalue weighted by Gasteiger charge is 2.29. The molecule has 0 fully saturated rings. The summed E-state index contributed by atoms with van der Waals surface area (Å²) in [5, 5.41) is 7.89. The molecule has 1 aliphatic heterocycles. The number of halogens is 2. The average Bonchev–Trinajstić information content (AvgIpc) is 3.55. The second-order valence-corrected chi connectivity index (χ2v) is 10.9. The van der Waals surface area contributed by atoms with Crippen LogP contribution in [0.1, 0.15) is 17.5 Å². The molecule has 4 aromatic rings. The Bertz CT molecular complexity index is 1480. The number of hydrogen-bond donors (Lipinski definition) is 0. The fourth-order valence-corrected chi connectivity index (χ4v) is 7.57. The minimum Gasteiger partial charge on any atom is -0.337 e. The number of hydrogen-bond acceptors (Lipinski definition) is 6. The number of nitrogens with zero attached hydrogens (tertiary/aromatic N) is 3. The summed E-state index contributed by atoms with van der Waals surface area (Å²) in [5.74, 6) is -1.76. The van der Waals surface area contributed by atoms with Crippen molar-refractivity contribution in [3.8, 4) is 0 Å². The van der Waals surface area contributed by atoms with Crippen LogP contribution in [0.5, 0.6) is 0 Å². The first-order chi connectivity index (χ1) is 15.5. The van der Waals surface area contributed by atoms with Gasteiger partial charge in [-0.15, -0.1) is 11.3 Å². The Labute approximate surface area is 199 Å². The lowest BCUT2D eigenvalue weighted by Crippen LogP contribution is -2.36. The van der Waals surface area contributed by atoms with E-state index in [0.717, 1.165) is 34.0 Å². The van der Waals surface area contributed by atoms with Crippen LogP contribution >= 0.6 is 45.8 Å². The molecule has 0 radical (unpaired) electrons.